The third-order valence-corrected chi connectivity index (χ3v) is 6.61. The van der Waals surface area contributed by atoms with Gasteiger partial charge < -0.3 is 9.84 Å². The Bertz CT molecular complexity index is 1280. The highest BCUT2D eigenvalue weighted by atomic mass is 32.2. The molecule has 0 unspecified atom stereocenters. The number of aromatic nitrogens is 2. The molecule has 3 aromatic rings. The first-order chi connectivity index (χ1) is 16.4. The van der Waals surface area contributed by atoms with E-state index in [0.29, 0.717) is 15.8 Å². The van der Waals surface area contributed by atoms with Crippen LogP contribution in [0.25, 0.3) is 23.0 Å². The Kier molecular flexibility index (Phi) is 7.14. The number of nitrogens with zero attached hydrogens (tertiary/aromatic N) is 3. The van der Waals surface area contributed by atoms with E-state index in [0.717, 1.165) is 33.8 Å². The molecule has 9 heteroatoms. The summed E-state index contributed by atoms with van der Waals surface area (Å²) >= 11 is 6.50. The topological polar surface area (TPSA) is 84.7 Å². The monoisotopic (exact) mass is 493 g/mol. The fourth-order valence-electron chi connectivity index (χ4n) is 3.61. The van der Waals surface area contributed by atoms with Crippen molar-refractivity contribution in [1.82, 2.24) is 14.7 Å². The van der Waals surface area contributed by atoms with Gasteiger partial charge in [-0.3, -0.25) is 14.5 Å². The number of thiocarbonyl (C=S) groups is 1. The molecule has 1 saturated heterocycles. The van der Waals surface area contributed by atoms with E-state index in [4.69, 9.17) is 27.2 Å². The third kappa shape index (κ3) is 5.05. The Labute approximate surface area is 207 Å². The van der Waals surface area contributed by atoms with Gasteiger partial charge in [-0.15, -0.1) is 0 Å². The molecule has 0 spiro atoms. The normalized spacial score (nSPS) is 14.8. The molecule has 7 nitrogen and oxygen atoms in total. The molecule has 1 aliphatic rings. The first kappa shape index (κ1) is 23.7. The Morgan fingerprint density at radius 3 is 2.68 bits per heavy atom. The maximum Gasteiger partial charge on any atom is 0.305 e. The molecule has 0 bridgehead atoms. The number of hydrogen-bond acceptors (Lipinski definition) is 6. The van der Waals surface area contributed by atoms with Crippen LogP contribution in [0.15, 0.2) is 59.6 Å². The summed E-state index contributed by atoms with van der Waals surface area (Å²) in [7, 11) is 0. The van der Waals surface area contributed by atoms with Gasteiger partial charge in [-0.1, -0.05) is 42.2 Å². The van der Waals surface area contributed by atoms with Gasteiger partial charge >= 0.3 is 5.97 Å². The van der Waals surface area contributed by atoms with Crippen LogP contribution in [-0.4, -0.2) is 49.1 Å². The van der Waals surface area contributed by atoms with E-state index in [1.165, 1.54) is 16.7 Å². The SMILES string of the molecule is CCOc1ccc(-c2nn(-c3ccccc3)cc2C=C2SC(=S)N(CCC(=O)O)C2=O)c(C)c1. The van der Waals surface area contributed by atoms with Gasteiger partial charge in [-0.2, -0.15) is 5.10 Å². The summed E-state index contributed by atoms with van der Waals surface area (Å²) in [6.45, 7) is 4.56. The Balaban J connectivity index is 1.76. The van der Waals surface area contributed by atoms with Gasteiger partial charge in [0.05, 0.1) is 23.6 Å². The van der Waals surface area contributed by atoms with Crippen molar-refractivity contribution in [3.05, 3.63) is 70.8 Å². The van der Waals surface area contributed by atoms with Crippen molar-refractivity contribution in [2.45, 2.75) is 20.3 Å². The molecule has 2 aromatic carbocycles. The number of thioether (sulfide) groups is 1. The van der Waals surface area contributed by atoms with Gasteiger partial charge in [0.1, 0.15) is 15.8 Å². The van der Waals surface area contributed by atoms with Crippen LogP contribution in [0.5, 0.6) is 5.75 Å². The standard InChI is InChI=1S/C25H23N3O4S2/c1-3-32-19-9-10-20(16(2)13-19)23-17(15-28(26-23)18-7-5-4-6-8-18)14-21-24(31)27(25(33)34-21)12-11-22(29)30/h4-10,13-15H,3,11-12H2,1-2H3,(H,29,30). The first-order valence-corrected chi connectivity index (χ1v) is 12.0. The molecule has 1 aromatic heterocycles. The van der Waals surface area contributed by atoms with Gasteiger partial charge in [0.15, 0.2) is 0 Å². The smallest absolute Gasteiger partial charge is 0.305 e. The van der Waals surface area contributed by atoms with Gasteiger partial charge in [0.2, 0.25) is 0 Å². The van der Waals surface area contributed by atoms with E-state index in [-0.39, 0.29) is 18.9 Å². The van der Waals surface area contributed by atoms with Crippen LogP contribution in [0.1, 0.15) is 24.5 Å². The average Bonchev–Trinajstić information content (AvgIpc) is 3.34. The zero-order valence-corrected chi connectivity index (χ0v) is 20.4. The van der Waals surface area contributed by atoms with E-state index >= 15 is 0 Å². The summed E-state index contributed by atoms with van der Waals surface area (Å²) in [4.78, 5) is 25.7. The number of aliphatic carboxylic acids is 1. The largest absolute Gasteiger partial charge is 0.494 e. The molecule has 0 saturated carbocycles. The third-order valence-electron chi connectivity index (χ3n) is 5.24. The molecule has 0 radical (unpaired) electrons. The van der Waals surface area contributed by atoms with Gasteiger partial charge in [0, 0.05) is 23.9 Å². The fraction of sp³-hybridized carbons (Fsp3) is 0.200. The van der Waals surface area contributed by atoms with Crippen LogP contribution in [0.3, 0.4) is 0 Å². The van der Waals surface area contributed by atoms with Crippen LogP contribution >= 0.6 is 24.0 Å². The lowest BCUT2D eigenvalue weighted by molar-refractivity contribution is -0.137. The Morgan fingerprint density at radius 2 is 2.00 bits per heavy atom. The minimum atomic E-state index is -0.976. The van der Waals surface area contributed by atoms with Crippen LogP contribution in [0, 0.1) is 6.92 Å². The van der Waals surface area contributed by atoms with E-state index in [1.807, 2.05) is 68.6 Å². The molecular weight excluding hydrogens is 470 g/mol. The number of para-hydroxylation sites is 1. The number of hydrogen-bond donors (Lipinski definition) is 1. The summed E-state index contributed by atoms with van der Waals surface area (Å²) in [6.07, 6.45) is 3.49. The molecule has 0 atom stereocenters. The van der Waals surface area contributed by atoms with Crippen LogP contribution in [-0.2, 0) is 9.59 Å². The second-order valence-corrected chi connectivity index (χ2v) is 9.28. The quantitative estimate of drug-likeness (QED) is 0.352. The molecule has 34 heavy (non-hydrogen) atoms. The van der Waals surface area contributed by atoms with Crippen molar-refractivity contribution in [1.29, 1.82) is 0 Å². The van der Waals surface area contributed by atoms with Crippen LogP contribution < -0.4 is 4.74 Å². The lowest BCUT2D eigenvalue weighted by Gasteiger charge is -2.12. The highest BCUT2D eigenvalue weighted by Crippen LogP contribution is 2.36. The molecule has 174 valence electrons. The summed E-state index contributed by atoms with van der Waals surface area (Å²) in [6, 6.07) is 15.6. The van der Waals surface area contributed by atoms with Gasteiger partial charge in [0.25, 0.3) is 5.91 Å². The second kappa shape index (κ2) is 10.2. The predicted molar refractivity (Wildman–Crippen MR) is 137 cm³/mol. The molecular formula is C25H23N3O4S2. The number of amides is 1. The minimum absolute atomic E-state index is 0.0471. The predicted octanol–water partition coefficient (Wildman–Crippen LogP) is 4.92. The maximum absolute atomic E-state index is 13.0. The van der Waals surface area contributed by atoms with E-state index < -0.39 is 5.97 Å². The van der Waals surface area contributed by atoms with Crippen molar-refractivity contribution >= 4 is 46.3 Å². The van der Waals surface area contributed by atoms with E-state index in [9.17, 15) is 9.59 Å². The number of carboxylic acid groups (broad SMARTS) is 1. The number of aryl methyl sites for hydroxylation is 1. The van der Waals surface area contributed by atoms with Crippen LogP contribution in [0.2, 0.25) is 0 Å². The first-order valence-electron chi connectivity index (χ1n) is 10.7. The summed E-state index contributed by atoms with van der Waals surface area (Å²) in [5.41, 5.74) is 4.29. The van der Waals surface area contributed by atoms with Crippen molar-refractivity contribution in [2.75, 3.05) is 13.2 Å². The Hall–Kier alpha value is -3.43. The van der Waals surface area contributed by atoms with Gasteiger partial charge in [-0.25, -0.2) is 4.68 Å². The zero-order valence-electron chi connectivity index (χ0n) is 18.7. The molecule has 1 aliphatic heterocycles. The molecule has 4 rings (SSSR count). The fourth-order valence-corrected chi connectivity index (χ4v) is 4.91. The van der Waals surface area contributed by atoms with Crippen LogP contribution in [0.4, 0.5) is 0 Å². The lowest BCUT2D eigenvalue weighted by Crippen LogP contribution is -2.30. The summed E-state index contributed by atoms with van der Waals surface area (Å²) in [5, 5.41) is 13.8. The van der Waals surface area contributed by atoms with Crippen molar-refractivity contribution in [2.24, 2.45) is 0 Å². The van der Waals surface area contributed by atoms with E-state index in [1.54, 1.807) is 10.8 Å². The van der Waals surface area contributed by atoms with E-state index in [2.05, 4.69) is 0 Å². The molecule has 1 N–H and O–H groups in total. The minimum Gasteiger partial charge on any atom is -0.494 e. The number of carbonyl (C=O) groups excluding carboxylic acids is 1. The molecule has 1 fully saturated rings. The number of benzene rings is 2. The maximum atomic E-state index is 13.0. The van der Waals surface area contributed by atoms with Crippen molar-refractivity contribution < 1.29 is 19.4 Å². The molecule has 2 heterocycles. The number of ether oxygens (including phenoxy) is 1. The van der Waals surface area contributed by atoms with Crippen molar-refractivity contribution in [3.8, 4) is 22.7 Å². The van der Waals surface area contributed by atoms with Gasteiger partial charge in [-0.05, 0) is 55.8 Å². The average molecular weight is 494 g/mol. The summed E-state index contributed by atoms with van der Waals surface area (Å²) < 4.78 is 7.75. The highest BCUT2D eigenvalue weighted by Gasteiger charge is 2.32. The summed E-state index contributed by atoms with van der Waals surface area (Å²) in [5.74, 6) is -0.486. The lowest BCUT2D eigenvalue weighted by atomic mass is 10.0. The number of carboxylic acids is 1. The number of carbonyl (C=O) groups is 2. The zero-order chi connectivity index (χ0) is 24.2. The second-order valence-electron chi connectivity index (χ2n) is 7.60. The Morgan fingerprint density at radius 1 is 1.24 bits per heavy atom. The highest BCUT2D eigenvalue weighted by molar-refractivity contribution is 8.26. The molecule has 1 amide bonds. The van der Waals surface area contributed by atoms with Crippen molar-refractivity contribution in [3.63, 3.8) is 0 Å². The number of rotatable bonds is 8. The molecule has 0 aliphatic carbocycles.